The number of anilines is 1. The van der Waals surface area contributed by atoms with Gasteiger partial charge in [-0.1, -0.05) is 60.6 Å². The molecule has 0 aliphatic carbocycles. The van der Waals surface area contributed by atoms with E-state index >= 15 is 0 Å². The number of thiophene rings is 1. The van der Waals surface area contributed by atoms with E-state index in [-0.39, 0.29) is 46.3 Å². The zero-order valence-electron chi connectivity index (χ0n) is 35.5. The molecule has 2 aromatic rings. The van der Waals surface area contributed by atoms with Gasteiger partial charge >= 0.3 is 12.1 Å². The van der Waals surface area contributed by atoms with Gasteiger partial charge in [0.1, 0.15) is 28.7 Å². The van der Waals surface area contributed by atoms with Crippen LogP contribution in [0.4, 0.5) is 9.80 Å². The molecule has 0 aliphatic heterocycles. The summed E-state index contributed by atoms with van der Waals surface area (Å²) in [6, 6.07) is 5.65. The summed E-state index contributed by atoms with van der Waals surface area (Å²) in [6.07, 6.45) is -0.342. The number of nitrogens with zero attached hydrogens (tertiary/aromatic N) is 1. The average Bonchev–Trinajstić information content (AvgIpc) is 3.47. The highest BCUT2D eigenvalue weighted by molar-refractivity contribution is 7.18. The average molecular weight is 826 g/mol. The van der Waals surface area contributed by atoms with Crippen LogP contribution in [0.3, 0.4) is 0 Å². The van der Waals surface area contributed by atoms with E-state index in [4.69, 9.17) is 14.7 Å². The Morgan fingerprint density at radius 2 is 1.26 bits per heavy atom. The Morgan fingerprint density at radius 3 is 1.72 bits per heavy atom. The molecule has 58 heavy (non-hydrogen) atoms. The van der Waals surface area contributed by atoms with Crippen LogP contribution in [-0.2, 0) is 28.7 Å². The van der Waals surface area contributed by atoms with Gasteiger partial charge in [0, 0.05) is 13.1 Å². The van der Waals surface area contributed by atoms with Gasteiger partial charge in [-0.3, -0.25) is 24.0 Å². The molecule has 318 valence electrons. The number of nitriles is 1. The number of alkyl carbamates (subject to hydrolysis) is 1. The van der Waals surface area contributed by atoms with Gasteiger partial charge in [-0.2, -0.15) is 5.26 Å². The lowest BCUT2D eigenvalue weighted by Crippen LogP contribution is -2.60. The molecule has 0 saturated heterocycles. The zero-order chi connectivity index (χ0) is 44.1. The molecular formula is C41H59N7O9S. The molecule has 1 heterocycles. The fourth-order valence-corrected chi connectivity index (χ4v) is 6.92. The van der Waals surface area contributed by atoms with E-state index < -0.39 is 71.2 Å². The van der Waals surface area contributed by atoms with Gasteiger partial charge in [0.15, 0.2) is 0 Å². The first-order valence-electron chi connectivity index (χ1n) is 19.2. The van der Waals surface area contributed by atoms with E-state index in [9.17, 15) is 33.6 Å². The second-order valence-electron chi connectivity index (χ2n) is 15.8. The van der Waals surface area contributed by atoms with Gasteiger partial charge < -0.3 is 41.4 Å². The maximum absolute atomic E-state index is 13.5. The number of esters is 1. The lowest BCUT2D eigenvalue weighted by atomic mass is 9.95. The third-order valence-corrected chi connectivity index (χ3v) is 10.2. The van der Waals surface area contributed by atoms with E-state index in [1.54, 1.807) is 93.5 Å². The van der Waals surface area contributed by atoms with Crippen molar-refractivity contribution in [1.82, 2.24) is 26.6 Å². The molecule has 6 N–H and O–H groups in total. The number of rotatable bonds is 18. The molecule has 0 bridgehead atoms. The number of nitrogens with one attached hydrogen (secondary N) is 6. The highest BCUT2D eigenvalue weighted by atomic mass is 32.1. The first-order chi connectivity index (χ1) is 27.1. The Bertz CT molecular complexity index is 1840. The third-order valence-electron chi connectivity index (χ3n) is 8.97. The predicted molar refractivity (Wildman–Crippen MR) is 220 cm³/mol. The highest BCUT2D eigenvalue weighted by Gasteiger charge is 2.34. The summed E-state index contributed by atoms with van der Waals surface area (Å²) in [4.78, 5) is 92.3. The molecule has 0 spiro atoms. The minimum Gasteiger partial charge on any atom is -0.465 e. The third kappa shape index (κ3) is 13.9. The van der Waals surface area contributed by atoms with Crippen LogP contribution < -0.4 is 31.9 Å². The van der Waals surface area contributed by atoms with Crippen molar-refractivity contribution in [1.29, 1.82) is 5.26 Å². The quantitative estimate of drug-likeness (QED) is 0.0908. The van der Waals surface area contributed by atoms with Crippen LogP contribution in [0.5, 0.6) is 0 Å². The molecule has 1 aromatic heterocycles. The molecule has 16 nitrogen and oxygen atoms in total. The molecule has 0 saturated carbocycles. The van der Waals surface area contributed by atoms with E-state index in [1.165, 1.54) is 7.11 Å². The van der Waals surface area contributed by atoms with Gasteiger partial charge in [-0.25, -0.2) is 9.59 Å². The minimum atomic E-state index is -1.04. The van der Waals surface area contributed by atoms with E-state index in [1.807, 2.05) is 13.0 Å². The maximum atomic E-state index is 13.5. The molecule has 17 heteroatoms. The Morgan fingerprint density at radius 1 is 0.759 bits per heavy atom. The number of amides is 6. The number of hydrogen-bond donors (Lipinski definition) is 6. The second kappa shape index (κ2) is 21.9. The van der Waals surface area contributed by atoms with Gasteiger partial charge in [0.05, 0.1) is 35.1 Å². The van der Waals surface area contributed by atoms with Crippen LogP contribution >= 0.6 is 11.3 Å². The fourth-order valence-electron chi connectivity index (χ4n) is 5.80. The molecule has 2 rings (SSSR count). The minimum absolute atomic E-state index is 0.0128. The van der Waals surface area contributed by atoms with Crippen molar-refractivity contribution in [2.75, 3.05) is 25.5 Å². The summed E-state index contributed by atoms with van der Waals surface area (Å²) < 4.78 is 10.3. The largest absolute Gasteiger partial charge is 0.465 e. The Balaban J connectivity index is 2.11. The fraction of sp³-hybridized carbons (Fsp3) is 0.561. The van der Waals surface area contributed by atoms with Crippen LogP contribution in [0.15, 0.2) is 24.3 Å². The van der Waals surface area contributed by atoms with E-state index in [2.05, 4.69) is 31.9 Å². The summed E-state index contributed by atoms with van der Waals surface area (Å²) >= 11 is 0.913. The van der Waals surface area contributed by atoms with Crippen LogP contribution in [0.25, 0.3) is 0 Å². The van der Waals surface area contributed by atoms with Crippen molar-refractivity contribution in [3.63, 3.8) is 0 Å². The summed E-state index contributed by atoms with van der Waals surface area (Å²) in [5, 5.41) is 25.5. The van der Waals surface area contributed by atoms with Crippen molar-refractivity contribution in [2.45, 2.75) is 112 Å². The summed E-state index contributed by atoms with van der Waals surface area (Å²) in [6.45, 7) is 18.9. The predicted octanol–water partition coefficient (Wildman–Crippen LogP) is 4.52. The van der Waals surface area contributed by atoms with Gasteiger partial charge in [-0.05, 0) is 75.1 Å². The van der Waals surface area contributed by atoms with Gasteiger partial charge in [0.25, 0.3) is 5.91 Å². The molecule has 0 aliphatic rings. The van der Waals surface area contributed by atoms with E-state index in [0.717, 1.165) is 11.3 Å². The number of carbonyl (C=O) groups excluding carboxylic acids is 7. The van der Waals surface area contributed by atoms with Crippen molar-refractivity contribution in [2.24, 2.45) is 17.8 Å². The van der Waals surface area contributed by atoms with Crippen molar-refractivity contribution >= 4 is 57.9 Å². The zero-order valence-corrected chi connectivity index (χ0v) is 36.3. The second-order valence-corrected chi connectivity index (χ2v) is 16.8. The summed E-state index contributed by atoms with van der Waals surface area (Å²) in [5.41, 5.74) is 0.697. The first kappa shape index (κ1) is 48.6. The number of hydrogen-bond acceptors (Lipinski definition) is 11. The molecule has 1 aromatic carbocycles. The molecule has 6 amide bonds. The molecule has 0 fully saturated rings. The normalized spacial score (nSPS) is 13.3. The smallest absolute Gasteiger partial charge is 0.408 e. The highest BCUT2D eigenvalue weighted by Crippen LogP contribution is 2.35. The van der Waals surface area contributed by atoms with Crippen LogP contribution in [0.1, 0.15) is 118 Å². The standard InChI is InChI=1S/C41H59N7O9S/c1-13-27(26-16-14-25(20-42)15-17-26)33(49)48-38-28(39(54)56-12)24(8)32(58-38)37(53)44-19-18-43-34(50)29(21(2)3)45-35(51)30(22(4)5)46-36(52)31(23(6)7)47-40(55)57-41(9,10)11/h14-17,21-23,27,29-31H,13,18-19H2,1-12H3,(H,43,50)(H,44,53)(H,45,51)(H,46,52)(H,47,55)(H,48,49)/t27?,29-,30-,31-/m0/s1. The maximum Gasteiger partial charge on any atom is 0.408 e. The Hall–Kier alpha value is -5.50. The SMILES string of the molecule is CCC(C(=O)Nc1sc(C(=O)NCCNC(=O)[C@@H](NC(=O)[C@@H](NC(=O)[C@@H](NC(=O)OC(C)(C)C)C(C)C)C(C)C)C(C)C)c(C)c1C(=O)OC)c1ccc(C#N)cc1. The van der Waals surface area contributed by atoms with Crippen LogP contribution in [-0.4, -0.2) is 85.5 Å². The molecular weight excluding hydrogens is 767 g/mol. The summed E-state index contributed by atoms with van der Waals surface area (Å²) in [7, 11) is 1.19. The molecule has 1 unspecified atom stereocenters. The lowest BCUT2D eigenvalue weighted by molar-refractivity contribution is -0.134. The number of ether oxygens (including phenoxy) is 2. The number of methoxy groups -OCH3 is 1. The van der Waals surface area contributed by atoms with Gasteiger partial charge in [0.2, 0.25) is 23.6 Å². The van der Waals surface area contributed by atoms with Crippen LogP contribution in [0.2, 0.25) is 0 Å². The van der Waals surface area contributed by atoms with Crippen molar-refractivity contribution in [3.8, 4) is 6.07 Å². The number of carbonyl (C=O) groups is 7. The van der Waals surface area contributed by atoms with Crippen LogP contribution in [0, 0.1) is 36.0 Å². The van der Waals surface area contributed by atoms with E-state index in [0.29, 0.717) is 23.1 Å². The Kier molecular flexibility index (Phi) is 18.3. The van der Waals surface area contributed by atoms with Crippen molar-refractivity contribution in [3.05, 3.63) is 51.4 Å². The molecule has 4 atom stereocenters. The van der Waals surface area contributed by atoms with Crippen molar-refractivity contribution < 1.29 is 43.0 Å². The monoisotopic (exact) mass is 825 g/mol. The lowest BCUT2D eigenvalue weighted by Gasteiger charge is -2.29. The topological polar surface area (TPSA) is 234 Å². The number of benzene rings is 1. The first-order valence-corrected chi connectivity index (χ1v) is 20.1. The summed E-state index contributed by atoms with van der Waals surface area (Å²) in [5.74, 6) is -5.05. The Labute approximate surface area is 344 Å². The molecule has 0 radical (unpaired) electrons. The van der Waals surface area contributed by atoms with Gasteiger partial charge in [-0.15, -0.1) is 11.3 Å².